The van der Waals surface area contributed by atoms with E-state index in [1.54, 1.807) is 12.1 Å². The van der Waals surface area contributed by atoms with E-state index in [2.05, 4.69) is 25.0 Å². The SMILES string of the molecule is O=C(O)c1ccc(N2CCC(CN3CCN(C[C@H]4OC[C@H](Nc5cccc(C(F)(F)F)n5)[C@@H](O)[C@H]4O)CC3)CC2)cc1. The Labute approximate surface area is 242 Å². The van der Waals surface area contributed by atoms with Gasteiger partial charge in [0.25, 0.3) is 0 Å². The molecular weight excluding hydrogens is 555 g/mol. The van der Waals surface area contributed by atoms with Crippen LogP contribution in [0.4, 0.5) is 24.7 Å². The van der Waals surface area contributed by atoms with E-state index in [1.807, 2.05) is 12.1 Å². The second-order valence-corrected chi connectivity index (χ2v) is 11.4. The molecule has 4 N–H and O–H groups in total. The highest BCUT2D eigenvalue weighted by Crippen LogP contribution is 2.29. The lowest BCUT2D eigenvalue weighted by molar-refractivity contribution is -0.148. The molecule has 0 unspecified atom stereocenters. The van der Waals surface area contributed by atoms with Gasteiger partial charge >= 0.3 is 12.1 Å². The third-order valence-corrected chi connectivity index (χ3v) is 8.52. The van der Waals surface area contributed by atoms with Crippen LogP contribution in [0.15, 0.2) is 42.5 Å². The molecule has 5 rings (SSSR count). The van der Waals surface area contributed by atoms with Crippen LogP contribution in [0.3, 0.4) is 0 Å². The van der Waals surface area contributed by atoms with E-state index in [4.69, 9.17) is 9.84 Å². The lowest BCUT2D eigenvalue weighted by Gasteiger charge is -2.43. The van der Waals surface area contributed by atoms with Gasteiger partial charge in [-0.25, -0.2) is 9.78 Å². The van der Waals surface area contributed by atoms with Crippen molar-refractivity contribution >= 4 is 17.5 Å². The molecule has 13 heteroatoms. The van der Waals surface area contributed by atoms with Gasteiger partial charge in [0.1, 0.15) is 23.7 Å². The number of piperidine rings is 1. The molecule has 4 heterocycles. The maximum absolute atomic E-state index is 13.0. The Bertz CT molecular complexity index is 1190. The summed E-state index contributed by atoms with van der Waals surface area (Å²) in [4.78, 5) is 21.6. The minimum atomic E-state index is -4.58. The number of rotatable bonds is 8. The molecule has 3 fully saturated rings. The van der Waals surface area contributed by atoms with E-state index >= 15 is 0 Å². The van der Waals surface area contributed by atoms with Crippen molar-refractivity contribution in [3.8, 4) is 0 Å². The molecule has 0 aliphatic carbocycles. The Morgan fingerprint density at radius 2 is 1.57 bits per heavy atom. The number of hydrogen-bond acceptors (Lipinski definition) is 9. The van der Waals surface area contributed by atoms with Crippen LogP contribution in [-0.4, -0.2) is 119 Å². The van der Waals surface area contributed by atoms with Crippen LogP contribution >= 0.6 is 0 Å². The summed E-state index contributed by atoms with van der Waals surface area (Å²) in [6, 6.07) is 9.74. The Hall–Kier alpha value is -2.97. The summed E-state index contributed by atoms with van der Waals surface area (Å²) < 4.78 is 44.8. The lowest BCUT2D eigenvalue weighted by Crippen LogP contribution is -2.59. The van der Waals surface area contributed by atoms with Crippen LogP contribution in [0.25, 0.3) is 0 Å². The van der Waals surface area contributed by atoms with Gasteiger partial charge in [0, 0.05) is 58.0 Å². The topological polar surface area (TPSA) is 122 Å². The molecule has 3 saturated heterocycles. The van der Waals surface area contributed by atoms with Crippen LogP contribution in [-0.2, 0) is 10.9 Å². The van der Waals surface area contributed by atoms with Crippen LogP contribution < -0.4 is 10.2 Å². The predicted molar refractivity (Wildman–Crippen MR) is 150 cm³/mol. The molecule has 0 bridgehead atoms. The highest BCUT2D eigenvalue weighted by molar-refractivity contribution is 5.88. The van der Waals surface area contributed by atoms with E-state index in [1.165, 1.54) is 12.1 Å². The van der Waals surface area contributed by atoms with Crippen LogP contribution in [0.2, 0.25) is 0 Å². The van der Waals surface area contributed by atoms with Crippen molar-refractivity contribution in [2.24, 2.45) is 5.92 Å². The van der Waals surface area contributed by atoms with Crippen molar-refractivity contribution < 1.29 is 38.0 Å². The number of aliphatic hydroxyl groups excluding tert-OH is 2. The van der Waals surface area contributed by atoms with Gasteiger partial charge in [-0.15, -0.1) is 0 Å². The number of aromatic nitrogens is 1. The number of carboxylic acids is 1. The molecule has 0 radical (unpaired) electrons. The third kappa shape index (κ3) is 7.51. The van der Waals surface area contributed by atoms with E-state index in [9.17, 15) is 28.2 Å². The number of hydrogen-bond donors (Lipinski definition) is 4. The summed E-state index contributed by atoms with van der Waals surface area (Å²) in [5.41, 5.74) is 0.312. The standard InChI is InChI=1S/C29H38F3N5O5/c30-29(31,32)24-2-1-3-25(34-24)33-22-18-42-23(27(39)26(22)38)17-36-14-12-35(13-15-36)16-19-8-10-37(11-9-19)21-6-4-20(5-7-21)28(40)41/h1-7,19,22-23,26-27,38-39H,8-18H2,(H,33,34)(H,40,41)/t22-,23+,26+,27-/m0/s1. The monoisotopic (exact) mass is 593 g/mol. The quantitative estimate of drug-likeness (QED) is 0.363. The molecule has 3 aliphatic rings. The average molecular weight is 594 g/mol. The van der Waals surface area contributed by atoms with Crippen molar-refractivity contribution in [2.45, 2.75) is 43.4 Å². The molecule has 1 aromatic carbocycles. The summed E-state index contributed by atoms with van der Waals surface area (Å²) in [5.74, 6) is -0.364. The minimum absolute atomic E-state index is 0.0309. The first-order valence-electron chi connectivity index (χ1n) is 14.4. The first-order valence-corrected chi connectivity index (χ1v) is 14.4. The maximum atomic E-state index is 13.0. The fourth-order valence-electron chi connectivity index (χ4n) is 6.00. The number of nitrogens with zero attached hydrogens (tertiary/aromatic N) is 4. The zero-order chi connectivity index (χ0) is 29.9. The summed E-state index contributed by atoms with van der Waals surface area (Å²) in [6.07, 6.45) is -5.44. The molecule has 2 aromatic rings. The van der Waals surface area contributed by atoms with Crippen LogP contribution in [0, 0.1) is 5.92 Å². The number of aromatic carboxylic acids is 1. The number of aliphatic hydroxyl groups is 2. The molecule has 0 saturated carbocycles. The minimum Gasteiger partial charge on any atom is -0.478 e. The number of benzene rings is 1. The number of carboxylic acid groups (broad SMARTS) is 1. The van der Waals surface area contributed by atoms with E-state index in [0.717, 1.165) is 70.4 Å². The highest BCUT2D eigenvalue weighted by atomic mass is 19.4. The number of halogens is 3. The number of pyridine rings is 1. The number of nitrogens with one attached hydrogen (secondary N) is 1. The molecule has 1 aromatic heterocycles. The number of alkyl halides is 3. The Balaban J connectivity index is 1.02. The number of ether oxygens (including phenoxy) is 1. The smallest absolute Gasteiger partial charge is 0.433 e. The first kappa shape index (κ1) is 30.5. The van der Waals surface area contributed by atoms with E-state index in [-0.39, 0.29) is 12.4 Å². The predicted octanol–water partition coefficient (Wildman–Crippen LogP) is 2.23. The van der Waals surface area contributed by atoms with Gasteiger partial charge in [-0.1, -0.05) is 6.07 Å². The maximum Gasteiger partial charge on any atom is 0.433 e. The largest absolute Gasteiger partial charge is 0.478 e. The highest BCUT2D eigenvalue weighted by Gasteiger charge is 2.40. The van der Waals surface area contributed by atoms with Crippen molar-refractivity contribution in [2.75, 3.05) is 69.2 Å². The second-order valence-electron chi connectivity index (χ2n) is 11.4. The van der Waals surface area contributed by atoms with Gasteiger partial charge in [0.15, 0.2) is 0 Å². The normalized spacial score (nSPS) is 26.7. The lowest BCUT2D eigenvalue weighted by atomic mass is 9.95. The van der Waals surface area contributed by atoms with Crippen molar-refractivity contribution in [3.05, 3.63) is 53.7 Å². The van der Waals surface area contributed by atoms with E-state index < -0.39 is 42.2 Å². The molecule has 0 spiro atoms. The van der Waals surface area contributed by atoms with Gasteiger partial charge in [-0.05, 0) is 55.2 Å². The van der Waals surface area contributed by atoms with E-state index in [0.29, 0.717) is 18.0 Å². The number of piperazine rings is 1. The van der Waals surface area contributed by atoms with Crippen LogP contribution in [0.1, 0.15) is 28.9 Å². The summed E-state index contributed by atoms with van der Waals surface area (Å²) >= 11 is 0. The van der Waals surface area contributed by atoms with Gasteiger partial charge in [0.2, 0.25) is 0 Å². The van der Waals surface area contributed by atoms with Gasteiger partial charge in [-0.2, -0.15) is 13.2 Å². The van der Waals surface area contributed by atoms with Crippen LogP contribution in [0.5, 0.6) is 0 Å². The van der Waals surface area contributed by atoms with Gasteiger partial charge in [-0.3, -0.25) is 4.90 Å². The molecule has 230 valence electrons. The summed E-state index contributed by atoms with van der Waals surface area (Å²) in [7, 11) is 0. The Morgan fingerprint density at radius 1 is 0.929 bits per heavy atom. The molecule has 0 amide bonds. The molecular formula is C29H38F3N5O5. The average Bonchev–Trinajstić information content (AvgIpc) is 2.98. The fraction of sp³-hybridized carbons (Fsp3) is 0.586. The molecule has 42 heavy (non-hydrogen) atoms. The zero-order valence-electron chi connectivity index (χ0n) is 23.3. The van der Waals surface area contributed by atoms with Gasteiger partial charge in [0.05, 0.1) is 24.3 Å². The number of anilines is 2. The summed E-state index contributed by atoms with van der Waals surface area (Å²) in [5, 5.41) is 33.3. The Morgan fingerprint density at radius 3 is 2.19 bits per heavy atom. The zero-order valence-corrected chi connectivity index (χ0v) is 23.3. The summed E-state index contributed by atoms with van der Waals surface area (Å²) in [6.45, 7) is 6.81. The fourth-order valence-corrected chi connectivity index (χ4v) is 6.00. The molecule has 4 atom stereocenters. The number of carbonyl (C=O) groups is 1. The third-order valence-electron chi connectivity index (χ3n) is 8.52. The van der Waals surface area contributed by atoms with Crippen molar-refractivity contribution in [3.63, 3.8) is 0 Å². The molecule has 3 aliphatic heterocycles. The first-order chi connectivity index (χ1) is 20.1. The second kappa shape index (κ2) is 13.1. The van der Waals surface area contributed by atoms with Crippen molar-refractivity contribution in [1.29, 1.82) is 0 Å². The molecule has 10 nitrogen and oxygen atoms in total. The Kier molecular flexibility index (Phi) is 9.53. The van der Waals surface area contributed by atoms with Gasteiger partial charge < -0.3 is 35.2 Å². The van der Waals surface area contributed by atoms with Crippen molar-refractivity contribution in [1.82, 2.24) is 14.8 Å².